The van der Waals surface area contributed by atoms with Crippen LogP contribution in [0.5, 0.6) is 0 Å². The van der Waals surface area contributed by atoms with Gasteiger partial charge in [0.05, 0.1) is 23.8 Å². The molecule has 2 aromatic rings. The topological polar surface area (TPSA) is 70.4 Å². The van der Waals surface area contributed by atoms with Gasteiger partial charge < -0.3 is 14.9 Å². The van der Waals surface area contributed by atoms with Crippen LogP contribution in [0.3, 0.4) is 0 Å². The Balaban J connectivity index is 1.95. The summed E-state index contributed by atoms with van der Waals surface area (Å²) in [6.45, 7) is 4.65. The highest BCUT2D eigenvalue weighted by atomic mass is 16.5. The van der Waals surface area contributed by atoms with E-state index in [0.29, 0.717) is 17.8 Å². The number of oxazole rings is 1. The van der Waals surface area contributed by atoms with Gasteiger partial charge in [-0.25, -0.2) is 4.79 Å². The number of ether oxygens (including phenoxy) is 1. The maximum Gasteiger partial charge on any atom is 0.420 e. The molecule has 5 heteroatoms. The van der Waals surface area contributed by atoms with Crippen LogP contribution in [-0.4, -0.2) is 16.3 Å². The van der Waals surface area contributed by atoms with Crippen LogP contribution >= 0.6 is 0 Å². The molecule has 1 atom stereocenters. The predicted octanol–water partition coefficient (Wildman–Crippen LogP) is 2.13. The Morgan fingerprint density at radius 1 is 1.47 bits per heavy atom. The van der Waals surface area contributed by atoms with Crippen LogP contribution in [0.1, 0.15) is 26.7 Å². The summed E-state index contributed by atoms with van der Waals surface area (Å²) < 4.78 is 12.7. The van der Waals surface area contributed by atoms with Crippen molar-refractivity contribution in [3.05, 3.63) is 28.7 Å². The predicted molar refractivity (Wildman–Crippen MR) is 73.1 cm³/mol. The molecular weight excluding hydrogens is 244 g/mol. The fraction of sp³-hybridized carbons (Fsp3) is 0.500. The Kier molecular flexibility index (Phi) is 2.67. The highest BCUT2D eigenvalue weighted by Gasteiger charge is 2.32. The summed E-state index contributed by atoms with van der Waals surface area (Å²) in [5.41, 5.74) is 7.58. The van der Waals surface area contributed by atoms with Gasteiger partial charge in [0.1, 0.15) is 0 Å². The van der Waals surface area contributed by atoms with E-state index in [1.165, 1.54) is 0 Å². The Bertz CT molecular complexity index is 669. The summed E-state index contributed by atoms with van der Waals surface area (Å²) in [5, 5.41) is 0. The van der Waals surface area contributed by atoms with E-state index in [9.17, 15) is 4.79 Å². The third kappa shape index (κ3) is 2.26. The van der Waals surface area contributed by atoms with E-state index in [4.69, 9.17) is 14.9 Å². The third-order valence-electron chi connectivity index (χ3n) is 3.63. The number of hydrogen-bond donors (Lipinski definition) is 1. The van der Waals surface area contributed by atoms with Gasteiger partial charge in [-0.2, -0.15) is 0 Å². The van der Waals surface area contributed by atoms with E-state index < -0.39 is 0 Å². The molecule has 1 aliphatic heterocycles. The second-order valence-corrected chi connectivity index (χ2v) is 5.74. The fourth-order valence-electron chi connectivity index (χ4n) is 2.66. The number of nitrogens with two attached hydrogens (primary N) is 1. The molecule has 1 saturated heterocycles. The average Bonchev–Trinajstić information content (AvgIpc) is 2.81. The first kappa shape index (κ1) is 12.3. The number of aromatic nitrogens is 1. The lowest BCUT2D eigenvalue weighted by Crippen LogP contribution is -2.26. The van der Waals surface area contributed by atoms with Gasteiger partial charge in [0.15, 0.2) is 5.58 Å². The van der Waals surface area contributed by atoms with Crippen molar-refractivity contribution >= 4 is 16.8 Å². The molecule has 0 aliphatic carbocycles. The minimum Gasteiger partial charge on any atom is -0.408 e. The zero-order valence-corrected chi connectivity index (χ0v) is 11.2. The zero-order valence-electron chi connectivity index (χ0n) is 11.2. The van der Waals surface area contributed by atoms with Crippen molar-refractivity contribution in [2.24, 2.45) is 0 Å². The van der Waals surface area contributed by atoms with Crippen LogP contribution < -0.4 is 11.5 Å². The van der Waals surface area contributed by atoms with Crippen LogP contribution in [0, 0.1) is 0 Å². The third-order valence-corrected chi connectivity index (χ3v) is 3.63. The molecule has 0 radical (unpaired) electrons. The van der Waals surface area contributed by atoms with E-state index in [1.807, 2.05) is 0 Å². The van der Waals surface area contributed by atoms with Crippen LogP contribution in [-0.2, 0) is 11.3 Å². The maximum atomic E-state index is 11.9. The summed E-state index contributed by atoms with van der Waals surface area (Å²) in [5.74, 6) is -0.353. The van der Waals surface area contributed by atoms with Gasteiger partial charge in [-0.1, -0.05) is 0 Å². The van der Waals surface area contributed by atoms with Crippen molar-refractivity contribution in [2.75, 3.05) is 5.73 Å². The number of benzene rings is 1. The number of hydrogen-bond acceptors (Lipinski definition) is 4. The lowest BCUT2D eigenvalue weighted by atomic mass is 10.1. The largest absolute Gasteiger partial charge is 0.420 e. The standard InChI is InChI=1S/C14H18N2O3/c1-14(2)6-5-10(19-14)8-16-11-7-9(15)3-4-12(11)18-13(16)17/h3-4,7,10H,5-6,8,15H2,1-2H3. The molecule has 1 aliphatic rings. The maximum absolute atomic E-state index is 11.9. The molecule has 2 N–H and O–H groups in total. The molecule has 5 nitrogen and oxygen atoms in total. The molecule has 0 amide bonds. The molecule has 19 heavy (non-hydrogen) atoms. The number of fused-ring (bicyclic) bond motifs is 1. The van der Waals surface area contributed by atoms with Gasteiger partial charge in [-0.05, 0) is 44.9 Å². The van der Waals surface area contributed by atoms with E-state index in [1.54, 1.807) is 22.8 Å². The van der Waals surface area contributed by atoms with Crippen LogP contribution in [0.2, 0.25) is 0 Å². The summed E-state index contributed by atoms with van der Waals surface area (Å²) in [6.07, 6.45) is 2.01. The Hall–Kier alpha value is -1.75. The molecule has 0 saturated carbocycles. The molecular formula is C14H18N2O3. The second kappa shape index (κ2) is 4.13. The smallest absolute Gasteiger partial charge is 0.408 e. The SMILES string of the molecule is CC1(C)CCC(Cn2c(=O)oc3ccc(N)cc32)O1. The minimum atomic E-state index is -0.353. The number of nitrogen functional groups attached to an aromatic ring is 1. The van der Waals surface area contributed by atoms with Crippen LogP contribution in [0.15, 0.2) is 27.4 Å². The average molecular weight is 262 g/mol. The molecule has 102 valence electrons. The second-order valence-electron chi connectivity index (χ2n) is 5.74. The Labute approximate surface area is 111 Å². The Morgan fingerprint density at radius 2 is 2.26 bits per heavy atom. The highest BCUT2D eigenvalue weighted by Crippen LogP contribution is 2.30. The monoisotopic (exact) mass is 262 g/mol. The van der Waals surface area contributed by atoms with E-state index in [0.717, 1.165) is 18.4 Å². The summed E-state index contributed by atoms with van der Waals surface area (Å²) in [6, 6.07) is 5.22. The van der Waals surface area contributed by atoms with Crippen molar-refractivity contribution in [1.82, 2.24) is 4.57 Å². The Morgan fingerprint density at radius 3 is 2.95 bits per heavy atom. The first-order valence-electron chi connectivity index (χ1n) is 6.51. The lowest BCUT2D eigenvalue weighted by molar-refractivity contribution is -0.0219. The molecule has 1 aromatic carbocycles. The molecule has 1 unspecified atom stereocenters. The fourth-order valence-corrected chi connectivity index (χ4v) is 2.66. The zero-order chi connectivity index (χ0) is 13.6. The normalized spacial score (nSPS) is 22.1. The summed E-state index contributed by atoms with van der Waals surface area (Å²) >= 11 is 0. The van der Waals surface area contributed by atoms with Crippen LogP contribution in [0.25, 0.3) is 11.1 Å². The van der Waals surface area contributed by atoms with E-state index in [-0.39, 0.29) is 17.5 Å². The molecule has 0 spiro atoms. The molecule has 3 rings (SSSR count). The van der Waals surface area contributed by atoms with Crippen molar-refractivity contribution in [1.29, 1.82) is 0 Å². The highest BCUT2D eigenvalue weighted by molar-refractivity contribution is 5.76. The summed E-state index contributed by atoms with van der Waals surface area (Å²) in [7, 11) is 0. The van der Waals surface area contributed by atoms with E-state index in [2.05, 4.69) is 13.8 Å². The molecule has 2 heterocycles. The van der Waals surface area contributed by atoms with Crippen molar-refractivity contribution in [2.45, 2.75) is 44.9 Å². The van der Waals surface area contributed by atoms with Gasteiger partial charge in [-0.15, -0.1) is 0 Å². The van der Waals surface area contributed by atoms with Crippen molar-refractivity contribution in [3.8, 4) is 0 Å². The molecule has 1 fully saturated rings. The van der Waals surface area contributed by atoms with Gasteiger partial charge >= 0.3 is 5.76 Å². The van der Waals surface area contributed by atoms with Gasteiger partial charge in [-0.3, -0.25) is 4.57 Å². The van der Waals surface area contributed by atoms with Gasteiger partial charge in [0, 0.05) is 5.69 Å². The number of rotatable bonds is 2. The number of anilines is 1. The molecule has 1 aromatic heterocycles. The van der Waals surface area contributed by atoms with Gasteiger partial charge in [0.2, 0.25) is 0 Å². The van der Waals surface area contributed by atoms with Gasteiger partial charge in [0.25, 0.3) is 0 Å². The summed E-state index contributed by atoms with van der Waals surface area (Å²) in [4.78, 5) is 11.9. The first-order chi connectivity index (χ1) is 8.94. The van der Waals surface area contributed by atoms with Crippen LogP contribution in [0.4, 0.5) is 5.69 Å². The number of nitrogens with zero attached hydrogens (tertiary/aromatic N) is 1. The van der Waals surface area contributed by atoms with Crippen molar-refractivity contribution < 1.29 is 9.15 Å². The minimum absolute atomic E-state index is 0.0509. The van der Waals surface area contributed by atoms with Crippen molar-refractivity contribution in [3.63, 3.8) is 0 Å². The first-order valence-corrected chi connectivity index (χ1v) is 6.51. The lowest BCUT2D eigenvalue weighted by Gasteiger charge is -2.19. The molecule has 0 bridgehead atoms. The quantitative estimate of drug-likeness (QED) is 0.842. The van der Waals surface area contributed by atoms with E-state index >= 15 is 0 Å².